The van der Waals surface area contributed by atoms with Crippen molar-refractivity contribution in [3.8, 4) is 12.1 Å². The molecule has 0 saturated carbocycles. The molecule has 3 aromatic carbocycles. The van der Waals surface area contributed by atoms with Gasteiger partial charge in [-0.05, 0) is 43.2 Å². The average molecular weight is 518 g/mol. The molecule has 188 valence electrons. The Morgan fingerprint density at radius 3 is 2.14 bits per heavy atom. The van der Waals surface area contributed by atoms with Gasteiger partial charge < -0.3 is 0 Å². The van der Waals surface area contributed by atoms with E-state index in [1.807, 2.05) is 19.1 Å². The van der Waals surface area contributed by atoms with Crippen molar-refractivity contribution in [2.24, 2.45) is 5.41 Å². The molecule has 1 aliphatic rings. The number of benzene rings is 3. The second-order valence-corrected chi connectivity index (χ2v) is 11.2. The van der Waals surface area contributed by atoms with Crippen LogP contribution in [0.4, 0.5) is 14.5 Å². The molecule has 1 aliphatic heterocycles. The molecule has 2 unspecified atom stereocenters. The fourth-order valence-electron chi connectivity index (χ4n) is 5.06. The highest BCUT2D eigenvalue weighted by molar-refractivity contribution is 7.92. The molecule has 0 fully saturated rings. The molecule has 0 bridgehead atoms. The zero-order chi connectivity index (χ0) is 27.2. The number of fused-ring (bicyclic) bond motifs is 1. The molecule has 2 atom stereocenters. The van der Waals surface area contributed by atoms with Crippen LogP contribution in [0.25, 0.3) is 0 Å². The number of aryl methyl sites for hydroxylation is 2. The summed E-state index contributed by atoms with van der Waals surface area (Å²) in [5, 5.41) is 21.0. The molecule has 0 spiro atoms. The smallest absolute Gasteiger partial charge is 0.256 e. The molecule has 0 amide bonds. The molecule has 0 aliphatic carbocycles. The Morgan fingerprint density at radius 1 is 0.973 bits per heavy atom. The van der Waals surface area contributed by atoms with Crippen molar-refractivity contribution in [1.29, 1.82) is 10.5 Å². The average Bonchev–Trinajstić information content (AvgIpc) is 2.86. The van der Waals surface area contributed by atoms with Gasteiger partial charge in [0, 0.05) is 18.4 Å². The van der Waals surface area contributed by atoms with Gasteiger partial charge in [-0.2, -0.15) is 10.5 Å². The molecule has 37 heavy (non-hydrogen) atoms. The molecule has 0 aromatic heterocycles. The monoisotopic (exact) mass is 517 g/mol. The standard InChI is InChI=1S/C29H25F2N3O2S/c1-5-24-23-16-20(3)12-15-26(23)34(37(35,36)21-13-10-19(2)11-14-21)27(29(24,17-32)18-33)22-8-6-7-9-25(22)28(4,30)31/h5-16,24,27H,1H2,2-4H3. The molecule has 5 nitrogen and oxygen atoms in total. The van der Waals surface area contributed by atoms with E-state index in [1.165, 1.54) is 42.5 Å². The van der Waals surface area contributed by atoms with Crippen LogP contribution in [-0.4, -0.2) is 8.42 Å². The van der Waals surface area contributed by atoms with E-state index in [2.05, 4.69) is 6.58 Å². The fourth-order valence-corrected chi connectivity index (χ4v) is 6.75. The zero-order valence-electron chi connectivity index (χ0n) is 20.6. The summed E-state index contributed by atoms with van der Waals surface area (Å²) in [5.41, 5.74) is -0.452. The van der Waals surface area contributed by atoms with Crippen LogP contribution in [-0.2, 0) is 15.9 Å². The van der Waals surface area contributed by atoms with E-state index >= 15 is 0 Å². The molecule has 0 N–H and O–H groups in total. The molecule has 0 saturated heterocycles. The van der Waals surface area contributed by atoms with Crippen molar-refractivity contribution < 1.29 is 17.2 Å². The molecule has 8 heteroatoms. The van der Waals surface area contributed by atoms with Crippen molar-refractivity contribution in [1.82, 2.24) is 0 Å². The van der Waals surface area contributed by atoms with Gasteiger partial charge in [0.05, 0.1) is 22.7 Å². The number of allylic oxidation sites excluding steroid dienone is 1. The largest absolute Gasteiger partial charge is 0.270 e. The van der Waals surface area contributed by atoms with E-state index in [0.717, 1.165) is 15.4 Å². The number of halogens is 2. The topological polar surface area (TPSA) is 85.0 Å². The quantitative estimate of drug-likeness (QED) is 0.354. The number of hydrogen-bond donors (Lipinski definition) is 0. The van der Waals surface area contributed by atoms with Gasteiger partial charge in [-0.15, -0.1) is 6.58 Å². The minimum absolute atomic E-state index is 0.0859. The number of hydrogen-bond acceptors (Lipinski definition) is 4. The number of sulfonamides is 1. The number of anilines is 1. The van der Waals surface area contributed by atoms with Gasteiger partial charge in [-0.1, -0.05) is 65.7 Å². The van der Waals surface area contributed by atoms with Crippen molar-refractivity contribution in [3.63, 3.8) is 0 Å². The van der Waals surface area contributed by atoms with E-state index in [4.69, 9.17) is 0 Å². The summed E-state index contributed by atoms with van der Waals surface area (Å²) in [6.07, 6.45) is 1.42. The third-order valence-corrected chi connectivity index (χ3v) is 8.62. The maximum absolute atomic E-state index is 14.9. The van der Waals surface area contributed by atoms with Gasteiger partial charge in [0.25, 0.3) is 15.9 Å². The van der Waals surface area contributed by atoms with Crippen LogP contribution in [0.3, 0.4) is 0 Å². The van der Waals surface area contributed by atoms with Crippen molar-refractivity contribution in [2.75, 3.05) is 4.31 Å². The Labute approximate surface area is 216 Å². The van der Waals surface area contributed by atoms with E-state index in [1.54, 1.807) is 37.3 Å². The predicted molar refractivity (Wildman–Crippen MR) is 137 cm³/mol. The molecule has 0 radical (unpaired) electrons. The van der Waals surface area contributed by atoms with E-state index in [0.29, 0.717) is 12.5 Å². The second-order valence-electron chi connectivity index (χ2n) is 9.36. The highest BCUT2D eigenvalue weighted by Gasteiger charge is 2.58. The van der Waals surface area contributed by atoms with Crippen LogP contribution >= 0.6 is 0 Å². The number of nitriles is 2. The van der Waals surface area contributed by atoms with E-state index in [9.17, 15) is 27.7 Å². The Hall–Kier alpha value is -4.01. The Bertz CT molecular complexity index is 1550. The summed E-state index contributed by atoms with van der Waals surface area (Å²) in [6, 6.07) is 19.1. The summed E-state index contributed by atoms with van der Waals surface area (Å²) in [4.78, 5) is -0.0859. The fraction of sp³-hybridized carbons (Fsp3) is 0.241. The number of alkyl halides is 2. The van der Waals surface area contributed by atoms with Gasteiger partial charge in [0.1, 0.15) is 6.04 Å². The third-order valence-electron chi connectivity index (χ3n) is 6.82. The van der Waals surface area contributed by atoms with Crippen molar-refractivity contribution >= 4 is 15.7 Å². The summed E-state index contributed by atoms with van der Waals surface area (Å²) in [7, 11) is -4.44. The van der Waals surface area contributed by atoms with E-state index in [-0.39, 0.29) is 16.1 Å². The summed E-state index contributed by atoms with van der Waals surface area (Å²) < 4.78 is 59.4. The van der Waals surface area contributed by atoms with Gasteiger partial charge in [-0.25, -0.2) is 17.2 Å². The normalized spacial score (nSPS) is 18.8. The van der Waals surface area contributed by atoms with Crippen LogP contribution in [0, 0.1) is 41.9 Å². The molecular weight excluding hydrogens is 492 g/mol. The lowest BCUT2D eigenvalue weighted by Crippen LogP contribution is -2.50. The highest BCUT2D eigenvalue weighted by atomic mass is 32.2. The maximum atomic E-state index is 14.9. The van der Waals surface area contributed by atoms with Crippen LogP contribution < -0.4 is 4.31 Å². The van der Waals surface area contributed by atoms with Crippen molar-refractivity contribution in [2.45, 2.75) is 43.5 Å². The van der Waals surface area contributed by atoms with Gasteiger partial charge in [0.2, 0.25) is 0 Å². The zero-order valence-corrected chi connectivity index (χ0v) is 21.4. The second kappa shape index (κ2) is 9.14. The molecular formula is C29H25F2N3O2S. The van der Waals surface area contributed by atoms with Gasteiger partial charge >= 0.3 is 0 Å². The minimum Gasteiger partial charge on any atom is -0.256 e. The summed E-state index contributed by atoms with van der Waals surface area (Å²) in [5.74, 6) is -4.32. The summed E-state index contributed by atoms with van der Waals surface area (Å²) >= 11 is 0. The maximum Gasteiger partial charge on any atom is 0.270 e. The lowest BCUT2D eigenvalue weighted by molar-refractivity contribution is 0.0157. The van der Waals surface area contributed by atoms with Gasteiger partial charge in [-0.3, -0.25) is 4.31 Å². The summed E-state index contributed by atoms with van der Waals surface area (Å²) in [6.45, 7) is 8.16. The molecule has 1 heterocycles. The van der Waals surface area contributed by atoms with Gasteiger partial charge in [0.15, 0.2) is 5.41 Å². The minimum atomic E-state index is -4.44. The molecule has 3 aromatic rings. The highest BCUT2D eigenvalue weighted by Crippen LogP contribution is 2.59. The van der Waals surface area contributed by atoms with Crippen molar-refractivity contribution in [3.05, 3.63) is 107 Å². The first-order valence-corrected chi connectivity index (χ1v) is 13.0. The number of nitrogens with zero attached hydrogens (tertiary/aromatic N) is 3. The number of rotatable bonds is 5. The third kappa shape index (κ3) is 4.08. The lowest BCUT2D eigenvalue weighted by Gasteiger charge is -2.48. The van der Waals surface area contributed by atoms with Crippen LogP contribution in [0.15, 0.2) is 84.3 Å². The Morgan fingerprint density at radius 2 is 1.57 bits per heavy atom. The van der Waals surface area contributed by atoms with E-state index < -0.39 is 38.9 Å². The SMILES string of the molecule is C=CC1c2cc(C)ccc2N(S(=O)(=O)c2ccc(C)cc2)C(c2ccccc2C(C)(F)F)C1(C#N)C#N. The Kier molecular flexibility index (Phi) is 6.44. The Balaban J connectivity index is 2.20. The first kappa shape index (κ1) is 26.1. The van der Waals surface area contributed by atoms with Crippen LogP contribution in [0.1, 0.15) is 46.7 Å². The predicted octanol–water partition coefficient (Wildman–Crippen LogP) is 6.67. The first-order valence-electron chi connectivity index (χ1n) is 11.6. The molecule has 4 rings (SSSR count). The lowest BCUT2D eigenvalue weighted by atomic mass is 9.63. The van der Waals surface area contributed by atoms with Crippen LogP contribution in [0.5, 0.6) is 0 Å². The first-order chi connectivity index (χ1) is 17.4. The van der Waals surface area contributed by atoms with Crippen LogP contribution in [0.2, 0.25) is 0 Å².